The SMILES string of the molecule is N#Cc1ccc(NC(=O)[C@@H](O)Cn2nc3ccc(C(F)(F)F)cc3n2)cc1C(F)(F)F. The molecule has 3 aromatic rings. The van der Waals surface area contributed by atoms with Crippen molar-refractivity contribution >= 4 is 22.6 Å². The molecular weight excluding hydrogens is 432 g/mol. The molecule has 0 aliphatic rings. The van der Waals surface area contributed by atoms with Gasteiger partial charge < -0.3 is 10.4 Å². The first-order valence-electron chi connectivity index (χ1n) is 8.41. The Hall–Kier alpha value is -3.66. The molecule has 0 aliphatic carbocycles. The Kier molecular flexibility index (Phi) is 5.60. The van der Waals surface area contributed by atoms with Crippen LogP contribution in [-0.4, -0.2) is 32.1 Å². The average Bonchev–Trinajstić information content (AvgIpc) is 3.07. The van der Waals surface area contributed by atoms with Crippen molar-refractivity contribution in [3.8, 4) is 6.07 Å². The number of alkyl halides is 6. The zero-order valence-electron chi connectivity index (χ0n) is 15.2. The summed E-state index contributed by atoms with van der Waals surface area (Å²) in [7, 11) is 0. The molecule has 0 spiro atoms. The summed E-state index contributed by atoms with van der Waals surface area (Å²) in [5, 5.41) is 28.5. The lowest BCUT2D eigenvalue weighted by atomic mass is 10.1. The maximum Gasteiger partial charge on any atom is 0.417 e. The van der Waals surface area contributed by atoms with Gasteiger partial charge in [0.15, 0.2) is 6.10 Å². The third-order valence-electron chi connectivity index (χ3n) is 4.10. The van der Waals surface area contributed by atoms with Crippen LogP contribution >= 0.6 is 0 Å². The summed E-state index contributed by atoms with van der Waals surface area (Å²) in [6.07, 6.45) is -11.2. The van der Waals surface area contributed by atoms with E-state index in [0.717, 1.165) is 35.1 Å². The fourth-order valence-corrected chi connectivity index (χ4v) is 2.63. The van der Waals surface area contributed by atoms with E-state index in [-0.39, 0.29) is 16.7 Å². The average molecular weight is 443 g/mol. The van der Waals surface area contributed by atoms with E-state index in [1.807, 2.05) is 0 Å². The minimum atomic E-state index is -4.83. The van der Waals surface area contributed by atoms with E-state index >= 15 is 0 Å². The molecule has 162 valence electrons. The van der Waals surface area contributed by atoms with Crippen molar-refractivity contribution in [2.45, 2.75) is 25.0 Å². The quantitative estimate of drug-likeness (QED) is 0.602. The second-order valence-corrected chi connectivity index (χ2v) is 6.33. The third kappa shape index (κ3) is 4.92. The summed E-state index contributed by atoms with van der Waals surface area (Å²) in [5.74, 6) is -1.10. The fraction of sp³-hybridized carbons (Fsp3) is 0.222. The lowest BCUT2D eigenvalue weighted by molar-refractivity contribution is -0.138. The van der Waals surface area contributed by atoms with Gasteiger partial charge in [0, 0.05) is 5.69 Å². The molecule has 1 heterocycles. The molecule has 0 saturated heterocycles. The van der Waals surface area contributed by atoms with Crippen molar-refractivity contribution in [2.24, 2.45) is 0 Å². The normalized spacial score (nSPS) is 13.1. The molecule has 2 N–H and O–H groups in total. The van der Waals surface area contributed by atoms with Gasteiger partial charge in [-0.2, -0.15) is 46.6 Å². The van der Waals surface area contributed by atoms with Crippen LogP contribution in [0.2, 0.25) is 0 Å². The molecule has 0 aliphatic heterocycles. The summed E-state index contributed by atoms with van der Waals surface area (Å²) in [5.41, 5.74) is -3.21. The highest BCUT2D eigenvalue weighted by molar-refractivity contribution is 5.94. The Morgan fingerprint density at radius 1 is 1.06 bits per heavy atom. The highest BCUT2D eigenvalue weighted by atomic mass is 19.4. The fourth-order valence-electron chi connectivity index (χ4n) is 2.63. The van der Waals surface area contributed by atoms with Gasteiger partial charge in [0.05, 0.1) is 29.3 Å². The zero-order chi connectivity index (χ0) is 23.0. The molecule has 7 nitrogen and oxygen atoms in total. The van der Waals surface area contributed by atoms with Crippen molar-refractivity contribution < 1.29 is 36.2 Å². The molecule has 1 amide bonds. The van der Waals surface area contributed by atoms with Crippen LogP contribution in [0.5, 0.6) is 0 Å². The largest absolute Gasteiger partial charge is 0.417 e. The Labute approximate surface area is 169 Å². The Morgan fingerprint density at radius 3 is 2.35 bits per heavy atom. The topological polar surface area (TPSA) is 104 Å². The molecular formula is C18H11F6N5O2. The van der Waals surface area contributed by atoms with Crippen molar-refractivity contribution in [1.82, 2.24) is 15.0 Å². The smallest absolute Gasteiger partial charge is 0.381 e. The zero-order valence-corrected chi connectivity index (χ0v) is 15.2. The van der Waals surface area contributed by atoms with Crippen LogP contribution in [-0.2, 0) is 23.7 Å². The first kappa shape index (κ1) is 22.0. The van der Waals surface area contributed by atoms with Gasteiger partial charge in [-0.25, -0.2) is 0 Å². The van der Waals surface area contributed by atoms with Crippen LogP contribution in [0.1, 0.15) is 16.7 Å². The van der Waals surface area contributed by atoms with Gasteiger partial charge in [0.2, 0.25) is 0 Å². The van der Waals surface area contributed by atoms with Gasteiger partial charge in [-0.15, -0.1) is 0 Å². The van der Waals surface area contributed by atoms with Crippen molar-refractivity contribution in [3.63, 3.8) is 0 Å². The van der Waals surface area contributed by atoms with Crippen molar-refractivity contribution in [1.29, 1.82) is 5.26 Å². The molecule has 0 unspecified atom stereocenters. The number of aliphatic hydroxyl groups is 1. The predicted molar refractivity (Wildman–Crippen MR) is 93.3 cm³/mol. The number of carbonyl (C=O) groups is 1. The number of benzene rings is 2. The van der Waals surface area contributed by atoms with Crippen LogP contribution in [0.3, 0.4) is 0 Å². The second-order valence-electron chi connectivity index (χ2n) is 6.33. The van der Waals surface area contributed by atoms with Gasteiger partial charge in [-0.05, 0) is 36.4 Å². The van der Waals surface area contributed by atoms with Crippen LogP contribution in [0.15, 0.2) is 36.4 Å². The first-order chi connectivity index (χ1) is 14.4. The number of hydrogen-bond acceptors (Lipinski definition) is 5. The highest BCUT2D eigenvalue weighted by Crippen LogP contribution is 2.33. The van der Waals surface area contributed by atoms with E-state index in [2.05, 4.69) is 15.5 Å². The number of nitriles is 1. The Bertz CT molecular complexity index is 1180. The van der Waals surface area contributed by atoms with E-state index in [1.165, 1.54) is 6.07 Å². The second kappa shape index (κ2) is 7.88. The number of aliphatic hydroxyl groups excluding tert-OH is 1. The molecule has 0 bridgehead atoms. The minimum absolute atomic E-state index is 0.0857. The Balaban J connectivity index is 1.75. The van der Waals surface area contributed by atoms with Gasteiger partial charge >= 0.3 is 12.4 Å². The van der Waals surface area contributed by atoms with Crippen LogP contribution in [0.25, 0.3) is 11.0 Å². The van der Waals surface area contributed by atoms with Crippen LogP contribution in [0, 0.1) is 11.3 Å². The molecule has 31 heavy (non-hydrogen) atoms. The summed E-state index contributed by atoms with van der Waals surface area (Å²) in [4.78, 5) is 12.9. The maximum atomic E-state index is 13.0. The summed E-state index contributed by atoms with van der Waals surface area (Å²) >= 11 is 0. The van der Waals surface area contributed by atoms with Crippen molar-refractivity contribution in [2.75, 3.05) is 5.32 Å². The number of fused-ring (bicyclic) bond motifs is 1. The van der Waals surface area contributed by atoms with E-state index in [0.29, 0.717) is 6.07 Å². The molecule has 1 atom stereocenters. The van der Waals surface area contributed by atoms with Crippen LogP contribution in [0.4, 0.5) is 32.0 Å². The standard InChI is InChI=1S/C18H11F6N5O2/c19-17(20,21)10-2-4-13-14(5-10)28-29(27-13)8-15(30)16(31)26-11-3-1-9(7-25)12(6-11)18(22,23)24/h1-6,15,30H,8H2,(H,26,31)/t15-/m0/s1. The highest BCUT2D eigenvalue weighted by Gasteiger charge is 2.34. The summed E-state index contributed by atoms with van der Waals surface area (Å²) < 4.78 is 77.3. The number of aromatic nitrogens is 3. The number of hydrogen-bond donors (Lipinski definition) is 2. The number of amides is 1. The first-order valence-corrected chi connectivity index (χ1v) is 8.41. The summed E-state index contributed by atoms with van der Waals surface area (Å²) in [6, 6.07) is 6.48. The molecule has 3 rings (SSSR count). The number of nitrogens with zero attached hydrogens (tertiary/aromatic N) is 4. The lowest BCUT2D eigenvalue weighted by Crippen LogP contribution is -2.32. The molecule has 0 fully saturated rings. The molecule has 0 saturated carbocycles. The van der Waals surface area contributed by atoms with Crippen molar-refractivity contribution in [3.05, 3.63) is 53.1 Å². The van der Waals surface area contributed by atoms with Gasteiger partial charge in [0.25, 0.3) is 5.91 Å². The molecule has 1 aromatic heterocycles. The number of rotatable bonds is 4. The molecule has 13 heteroatoms. The number of halogens is 6. The lowest BCUT2D eigenvalue weighted by Gasteiger charge is -2.13. The number of anilines is 1. The van der Waals surface area contributed by atoms with Crippen LogP contribution < -0.4 is 5.32 Å². The third-order valence-corrected chi connectivity index (χ3v) is 4.10. The van der Waals surface area contributed by atoms with E-state index in [4.69, 9.17) is 5.26 Å². The summed E-state index contributed by atoms with van der Waals surface area (Å²) in [6.45, 7) is -0.565. The number of carbonyl (C=O) groups excluding carboxylic acids is 1. The van der Waals surface area contributed by atoms with Gasteiger partial charge in [0.1, 0.15) is 11.0 Å². The van der Waals surface area contributed by atoms with Gasteiger partial charge in [-0.1, -0.05) is 0 Å². The predicted octanol–water partition coefficient (Wildman–Crippen LogP) is 3.34. The van der Waals surface area contributed by atoms with E-state index < -0.39 is 47.6 Å². The van der Waals surface area contributed by atoms with E-state index in [9.17, 15) is 36.2 Å². The maximum absolute atomic E-state index is 13.0. The Morgan fingerprint density at radius 2 is 1.74 bits per heavy atom. The molecule has 2 aromatic carbocycles. The monoisotopic (exact) mass is 443 g/mol. The minimum Gasteiger partial charge on any atom is -0.381 e. The van der Waals surface area contributed by atoms with E-state index in [1.54, 1.807) is 0 Å². The molecule has 0 radical (unpaired) electrons. The van der Waals surface area contributed by atoms with Gasteiger partial charge in [-0.3, -0.25) is 4.79 Å². The number of nitrogens with one attached hydrogen (secondary N) is 1.